The second-order valence-corrected chi connectivity index (χ2v) is 4.50. The van der Waals surface area contributed by atoms with Gasteiger partial charge in [-0.15, -0.1) is 0 Å². The highest BCUT2D eigenvalue weighted by Crippen LogP contribution is 2.19. The zero-order valence-corrected chi connectivity index (χ0v) is 10.3. The summed E-state index contributed by atoms with van der Waals surface area (Å²) in [5.41, 5.74) is 7.97. The van der Waals surface area contributed by atoms with Crippen LogP contribution in [-0.2, 0) is 12.8 Å². The number of aromatic nitrogens is 2. The van der Waals surface area contributed by atoms with Crippen molar-refractivity contribution in [3.63, 3.8) is 0 Å². The number of rotatable bonds is 3. The van der Waals surface area contributed by atoms with Crippen LogP contribution in [0.4, 0.5) is 0 Å². The van der Waals surface area contributed by atoms with E-state index in [1.807, 2.05) is 13.0 Å². The van der Waals surface area contributed by atoms with Crippen LogP contribution in [0.1, 0.15) is 25.2 Å². The molecule has 2 heterocycles. The van der Waals surface area contributed by atoms with E-state index >= 15 is 0 Å². The van der Waals surface area contributed by atoms with Gasteiger partial charge in [0.1, 0.15) is 5.82 Å². The van der Waals surface area contributed by atoms with Crippen LogP contribution >= 0.6 is 11.6 Å². The quantitative estimate of drug-likeness (QED) is 0.891. The van der Waals surface area contributed by atoms with E-state index < -0.39 is 0 Å². The molecule has 3 nitrogen and oxygen atoms in total. The van der Waals surface area contributed by atoms with Crippen molar-refractivity contribution < 1.29 is 0 Å². The monoisotopic (exact) mass is 237 g/mol. The fourth-order valence-electron chi connectivity index (χ4n) is 1.89. The molecule has 0 fully saturated rings. The minimum Gasteiger partial charge on any atom is -0.328 e. The molecule has 2 aromatic rings. The lowest BCUT2D eigenvalue weighted by Crippen LogP contribution is -2.18. The maximum atomic E-state index is 6.06. The van der Waals surface area contributed by atoms with Gasteiger partial charge in [-0.2, -0.15) is 0 Å². The summed E-state index contributed by atoms with van der Waals surface area (Å²) in [5, 5.41) is 0.573. The zero-order valence-electron chi connectivity index (χ0n) is 9.57. The molecule has 0 aliphatic heterocycles. The Labute approximate surface area is 100 Å². The summed E-state index contributed by atoms with van der Waals surface area (Å²) in [7, 11) is 0. The van der Waals surface area contributed by atoms with Crippen molar-refractivity contribution in [1.82, 2.24) is 9.38 Å². The van der Waals surface area contributed by atoms with E-state index in [2.05, 4.69) is 28.6 Å². The number of fused-ring (bicyclic) bond motifs is 1. The largest absolute Gasteiger partial charge is 0.328 e. The van der Waals surface area contributed by atoms with Crippen LogP contribution in [0.3, 0.4) is 0 Å². The molecular weight excluding hydrogens is 222 g/mol. The molecule has 0 aromatic carbocycles. The van der Waals surface area contributed by atoms with Gasteiger partial charge in [-0.1, -0.05) is 24.6 Å². The van der Waals surface area contributed by atoms with Crippen molar-refractivity contribution >= 4 is 17.1 Å². The van der Waals surface area contributed by atoms with E-state index in [-0.39, 0.29) is 6.04 Å². The van der Waals surface area contributed by atoms with Crippen molar-refractivity contribution in [1.29, 1.82) is 0 Å². The van der Waals surface area contributed by atoms with Crippen molar-refractivity contribution in [2.24, 2.45) is 5.73 Å². The summed E-state index contributed by atoms with van der Waals surface area (Å²) in [5.74, 6) is 0.992. The predicted octanol–water partition coefficient (Wildman–Crippen LogP) is 2.44. The number of imidazole rings is 1. The van der Waals surface area contributed by atoms with Crippen LogP contribution in [0.2, 0.25) is 5.15 Å². The fourth-order valence-corrected chi connectivity index (χ4v) is 2.14. The smallest absolute Gasteiger partial charge is 0.155 e. The van der Waals surface area contributed by atoms with Gasteiger partial charge in [-0.05, 0) is 25.0 Å². The molecule has 0 saturated heterocycles. The molecule has 0 saturated carbocycles. The molecule has 16 heavy (non-hydrogen) atoms. The lowest BCUT2D eigenvalue weighted by Gasteiger charge is -2.06. The normalized spacial score (nSPS) is 13.2. The molecule has 2 N–H and O–H groups in total. The van der Waals surface area contributed by atoms with Gasteiger partial charge < -0.3 is 10.1 Å². The van der Waals surface area contributed by atoms with Gasteiger partial charge in [0.05, 0.1) is 5.52 Å². The molecule has 0 amide bonds. The Morgan fingerprint density at radius 1 is 1.50 bits per heavy atom. The molecule has 1 atom stereocenters. The lowest BCUT2D eigenvalue weighted by atomic mass is 10.1. The van der Waals surface area contributed by atoms with Crippen LogP contribution in [0.15, 0.2) is 18.3 Å². The van der Waals surface area contributed by atoms with Crippen molar-refractivity contribution in [2.75, 3.05) is 0 Å². The highest BCUT2D eigenvalue weighted by molar-refractivity contribution is 6.32. The summed E-state index contributed by atoms with van der Waals surface area (Å²) in [6, 6.07) is 4.24. The third-order valence-electron chi connectivity index (χ3n) is 2.60. The van der Waals surface area contributed by atoms with Gasteiger partial charge in [0, 0.05) is 18.7 Å². The second-order valence-electron chi connectivity index (χ2n) is 4.15. The number of aryl methyl sites for hydroxylation is 1. The summed E-state index contributed by atoms with van der Waals surface area (Å²) in [6.45, 7) is 4.08. The van der Waals surface area contributed by atoms with E-state index in [0.717, 1.165) is 24.2 Å². The fraction of sp³-hybridized carbons (Fsp3) is 0.417. The van der Waals surface area contributed by atoms with Crippen molar-refractivity contribution in [3.8, 4) is 0 Å². The Morgan fingerprint density at radius 2 is 2.25 bits per heavy atom. The van der Waals surface area contributed by atoms with Crippen LogP contribution in [0.5, 0.6) is 0 Å². The predicted molar refractivity (Wildman–Crippen MR) is 66.9 cm³/mol. The van der Waals surface area contributed by atoms with E-state index in [1.54, 1.807) is 0 Å². The number of nitrogens with two attached hydrogens (primary N) is 1. The first kappa shape index (κ1) is 11.4. The lowest BCUT2D eigenvalue weighted by molar-refractivity contribution is 0.733. The maximum Gasteiger partial charge on any atom is 0.155 e. The number of pyridine rings is 1. The first-order chi connectivity index (χ1) is 7.61. The molecule has 0 spiro atoms. The SMILES string of the molecule is CCc1nc(Cl)c2ccc(CC(C)N)cn12. The molecular formula is C12H16ClN3. The van der Waals surface area contributed by atoms with E-state index in [1.165, 1.54) is 5.56 Å². The Morgan fingerprint density at radius 3 is 2.88 bits per heavy atom. The van der Waals surface area contributed by atoms with Gasteiger partial charge in [0.25, 0.3) is 0 Å². The molecule has 2 aromatic heterocycles. The summed E-state index contributed by atoms with van der Waals surface area (Å²) < 4.78 is 2.06. The van der Waals surface area contributed by atoms with Crippen molar-refractivity contribution in [3.05, 3.63) is 34.9 Å². The zero-order chi connectivity index (χ0) is 11.7. The molecule has 0 aliphatic rings. The Kier molecular flexibility index (Phi) is 3.17. The van der Waals surface area contributed by atoms with E-state index in [9.17, 15) is 0 Å². The minimum absolute atomic E-state index is 0.168. The first-order valence-electron chi connectivity index (χ1n) is 5.52. The summed E-state index contributed by atoms with van der Waals surface area (Å²) in [4.78, 5) is 4.33. The number of hydrogen-bond donors (Lipinski definition) is 1. The minimum atomic E-state index is 0.168. The molecule has 4 heteroatoms. The molecule has 0 aliphatic carbocycles. The van der Waals surface area contributed by atoms with Gasteiger partial charge in [0.15, 0.2) is 5.15 Å². The molecule has 1 unspecified atom stereocenters. The third-order valence-corrected chi connectivity index (χ3v) is 2.88. The topological polar surface area (TPSA) is 43.3 Å². The van der Waals surface area contributed by atoms with Gasteiger partial charge in [-0.3, -0.25) is 0 Å². The molecule has 0 radical (unpaired) electrons. The van der Waals surface area contributed by atoms with Crippen LogP contribution < -0.4 is 5.73 Å². The second kappa shape index (κ2) is 4.44. The Hall–Kier alpha value is -1.06. The van der Waals surface area contributed by atoms with Crippen LogP contribution in [-0.4, -0.2) is 15.4 Å². The first-order valence-corrected chi connectivity index (χ1v) is 5.90. The van der Waals surface area contributed by atoms with E-state index in [0.29, 0.717) is 5.15 Å². The van der Waals surface area contributed by atoms with Gasteiger partial charge >= 0.3 is 0 Å². The number of halogens is 1. The number of nitrogens with zero attached hydrogens (tertiary/aromatic N) is 2. The highest BCUT2D eigenvalue weighted by atomic mass is 35.5. The maximum absolute atomic E-state index is 6.06. The summed E-state index contributed by atoms with van der Waals surface area (Å²) in [6.07, 6.45) is 3.82. The summed E-state index contributed by atoms with van der Waals surface area (Å²) >= 11 is 6.06. The van der Waals surface area contributed by atoms with Crippen LogP contribution in [0.25, 0.3) is 5.52 Å². The van der Waals surface area contributed by atoms with Crippen molar-refractivity contribution in [2.45, 2.75) is 32.7 Å². The highest BCUT2D eigenvalue weighted by Gasteiger charge is 2.08. The molecule has 86 valence electrons. The van der Waals surface area contributed by atoms with Crippen LogP contribution in [0, 0.1) is 0 Å². The van der Waals surface area contributed by atoms with Gasteiger partial charge in [0.2, 0.25) is 0 Å². The number of hydrogen-bond acceptors (Lipinski definition) is 2. The molecule has 0 bridgehead atoms. The average Bonchev–Trinajstić information content (AvgIpc) is 2.54. The van der Waals surface area contributed by atoms with Gasteiger partial charge in [-0.25, -0.2) is 4.98 Å². The average molecular weight is 238 g/mol. The third kappa shape index (κ3) is 2.06. The Balaban J connectivity index is 2.51. The standard InChI is InChI=1S/C12H16ClN3/c1-3-11-15-12(13)10-5-4-9(6-8(2)14)7-16(10)11/h4-5,7-8H,3,6,14H2,1-2H3. The molecule has 2 rings (SSSR count). The van der Waals surface area contributed by atoms with E-state index in [4.69, 9.17) is 17.3 Å². The Bertz CT molecular complexity index is 502.